The first-order chi connectivity index (χ1) is 39.7. The average Bonchev–Trinajstić information content (AvgIpc) is 0.707. The van der Waals surface area contributed by atoms with E-state index in [0.717, 1.165) is 12.5 Å². The van der Waals surface area contributed by atoms with Gasteiger partial charge in [-0.2, -0.15) is 0 Å². The molecule has 9 heterocycles. The molecule has 484 valence electrons. The van der Waals surface area contributed by atoms with Gasteiger partial charge in [-0.05, 0) is 111 Å². The summed E-state index contributed by atoms with van der Waals surface area (Å²) in [5.74, 6) is -3.69. The zero-order valence-corrected chi connectivity index (χ0v) is 49.7. The molecule has 0 aromatic carbocycles. The molecular weight excluding hydrogens is 1120 g/mol. The summed E-state index contributed by atoms with van der Waals surface area (Å²) < 4.78 is 59.8. The van der Waals surface area contributed by atoms with Crippen LogP contribution in [0.1, 0.15) is 126 Å². The maximum absolute atomic E-state index is 15.4. The van der Waals surface area contributed by atoms with Gasteiger partial charge in [0.05, 0.1) is 62.0 Å². The Morgan fingerprint density at radius 1 is 0.576 bits per heavy atom. The maximum atomic E-state index is 15.4. The summed E-state index contributed by atoms with van der Waals surface area (Å²) in [6.45, 7) is 12.7. The molecule has 14 aliphatic rings. The summed E-state index contributed by atoms with van der Waals surface area (Å²) in [6.07, 6.45) is -31.2. The number of carbonyl (C=O) groups is 3. The molecule has 0 aromatic rings. The first-order valence-electron chi connectivity index (χ1n) is 30.3. The lowest BCUT2D eigenvalue weighted by molar-refractivity contribution is -0.384. The van der Waals surface area contributed by atoms with Gasteiger partial charge in [-0.1, -0.05) is 53.2 Å². The molecule has 30 atom stereocenters. The van der Waals surface area contributed by atoms with Gasteiger partial charge < -0.3 is 114 Å². The summed E-state index contributed by atoms with van der Waals surface area (Å²) in [5, 5.41) is 147. The molecular formula is C59H92O26. The molecule has 4 saturated carbocycles. The average molecular weight is 1220 g/mol. The largest absolute Gasteiger partial charge is 0.463 e. The lowest BCUT2D eigenvalue weighted by Crippen LogP contribution is -2.70. The van der Waals surface area contributed by atoms with Crippen LogP contribution >= 0.6 is 0 Å². The fourth-order valence-electron chi connectivity index (χ4n) is 17.5. The van der Waals surface area contributed by atoms with E-state index in [1.165, 1.54) is 6.92 Å². The van der Waals surface area contributed by atoms with Crippen LogP contribution in [-0.2, 0) is 61.8 Å². The van der Waals surface area contributed by atoms with Crippen LogP contribution in [0.4, 0.5) is 0 Å². The fraction of sp³-hybridized carbons (Fsp3) is 0.915. The molecule has 85 heavy (non-hydrogen) atoms. The quantitative estimate of drug-likeness (QED) is 0.0629. The Hall–Kier alpha value is -2.65. The predicted molar refractivity (Wildman–Crippen MR) is 286 cm³/mol. The topological polar surface area (TPSA) is 407 Å². The molecule has 1 spiro atoms. The van der Waals surface area contributed by atoms with E-state index in [1.807, 2.05) is 6.92 Å². The number of esters is 3. The molecule has 6 saturated heterocycles. The highest BCUT2D eigenvalue weighted by Gasteiger charge is 2.72. The highest BCUT2D eigenvalue weighted by molar-refractivity contribution is 5.79. The molecule has 5 aliphatic carbocycles. The Morgan fingerprint density at radius 2 is 1.21 bits per heavy atom. The second-order valence-corrected chi connectivity index (χ2v) is 28.6. The molecule has 23 unspecified atom stereocenters. The molecule has 26 heteroatoms. The number of hydrogen-bond acceptors (Lipinski definition) is 26. The van der Waals surface area contributed by atoms with Crippen molar-refractivity contribution in [1.29, 1.82) is 0 Å². The zero-order valence-electron chi connectivity index (χ0n) is 49.7. The minimum Gasteiger partial charge on any atom is -0.463 e. The first-order valence-corrected chi connectivity index (χ1v) is 30.3. The number of rotatable bonds is 2. The van der Waals surface area contributed by atoms with Gasteiger partial charge in [-0.3, -0.25) is 14.4 Å². The predicted octanol–water partition coefficient (Wildman–Crippen LogP) is -1.78. The SMILES string of the molecule is CC1OC2OC3C(OCC(O)C3O)OC(=O)[C@]34CCC(C)(C)CC3C3=CCC5[C@@]6(C)C[C@H](O)[C@H](OC7OC(CO)C(O)C(O)C7OC7OC(COC(=O)CC(C)(O)CC(=O)OC1C(O)C2O)C(O)C(O)C7O)[C@@](C)(CO)C6CC[C@@]5(C)[C@]3(C)CC4. The highest BCUT2D eigenvalue weighted by Crippen LogP contribution is 2.76. The molecule has 0 amide bonds. The van der Waals surface area contributed by atoms with Gasteiger partial charge in [0.2, 0.25) is 6.29 Å². The fourth-order valence-corrected chi connectivity index (χ4v) is 17.5. The van der Waals surface area contributed by atoms with Crippen LogP contribution in [0.25, 0.3) is 0 Å². The second kappa shape index (κ2) is 23.5. The summed E-state index contributed by atoms with van der Waals surface area (Å²) in [7, 11) is 0. The van der Waals surface area contributed by atoms with Gasteiger partial charge in [0, 0.05) is 5.41 Å². The van der Waals surface area contributed by atoms with Crippen LogP contribution in [0.5, 0.6) is 0 Å². The molecule has 12 bridgehead atoms. The van der Waals surface area contributed by atoms with E-state index in [-0.39, 0.29) is 29.6 Å². The first kappa shape index (κ1) is 65.3. The third-order valence-electron chi connectivity index (χ3n) is 22.6. The second-order valence-electron chi connectivity index (χ2n) is 28.6. The number of aliphatic hydroxyl groups excluding tert-OH is 12. The molecule has 9 aliphatic heterocycles. The maximum Gasteiger partial charge on any atom is 0.315 e. The van der Waals surface area contributed by atoms with E-state index in [4.69, 9.17) is 47.4 Å². The number of allylic oxidation sites excluding steroid dienone is 2. The van der Waals surface area contributed by atoms with Crippen molar-refractivity contribution in [3.8, 4) is 0 Å². The molecule has 26 nitrogen and oxygen atoms in total. The van der Waals surface area contributed by atoms with Gasteiger partial charge in [0.25, 0.3) is 0 Å². The van der Waals surface area contributed by atoms with Crippen molar-refractivity contribution >= 4 is 17.9 Å². The number of carbonyl (C=O) groups excluding carboxylic acids is 3. The normalized spacial score (nSPS) is 54.4. The highest BCUT2D eigenvalue weighted by atomic mass is 16.8. The minimum absolute atomic E-state index is 0.0971. The van der Waals surface area contributed by atoms with Gasteiger partial charge >= 0.3 is 17.9 Å². The number of aliphatic hydroxyl groups is 13. The van der Waals surface area contributed by atoms with E-state index < -0.39 is 219 Å². The van der Waals surface area contributed by atoms with Crippen molar-refractivity contribution in [1.82, 2.24) is 0 Å². The Labute approximate surface area is 493 Å². The molecule has 10 fully saturated rings. The summed E-state index contributed by atoms with van der Waals surface area (Å²) in [4.78, 5) is 42.0. The zero-order chi connectivity index (χ0) is 62.1. The molecule has 0 aromatic heterocycles. The summed E-state index contributed by atoms with van der Waals surface area (Å²) in [5.41, 5.74) is -5.24. The summed E-state index contributed by atoms with van der Waals surface area (Å²) in [6, 6.07) is 0. The smallest absolute Gasteiger partial charge is 0.315 e. The van der Waals surface area contributed by atoms with Crippen LogP contribution in [-0.4, -0.2) is 245 Å². The number of hydrogen-bond donors (Lipinski definition) is 13. The molecule has 14 rings (SSSR count). The minimum atomic E-state index is -2.20. The Balaban J connectivity index is 1.00. The lowest BCUT2D eigenvalue weighted by atomic mass is 9.33. The van der Waals surface area contributed by atoms with Crippen molar-refractivity contribution in [2.24, 2.45) is 50.2 Å². The third kappa shape index (κ3) is 11.1. The van der Waals surface area contributed by atoms with Crippen molar-refractivity contribution in [2.75, 3.05) is 26.4 Å². The van der Waals surface area contributed by atoms with E-state index >= 15 is 4.79 Å². The van der Waals surface area contributed by atoms with Gasteiger partial charge in [-0.25, -0.2) is 0 Å². The van der Waals surface area contributed by atoms with Crippen molar-refractivity contribution in [3.05, 3.63) is 11.6 Å². The van der Waals surface area contributed by atoms with Gasteiger partial charge in [-0.15, -0.1) is 0 Å². The molecule has 0 radical (unpaired) electrons. The van der Waals surface area contributed by atoms with Crippen LogP contribution < -0.4 is 0 Å². The van der Waals surface area contributed by atoms with Crippen LogP contribution in [0, 0.1) is 50.2 Å². The van der Waals surface area contributed by atoms with E-state index in [9.17, 15) is 76.0 Å². The van der Waals surface area contributed by atoms with Crippen molar-refractivity contribution in [3.63, 3.8) is 0 Å². The van der Waals surface area contributed by atoms with Crippen molar-refractivity contribution in [2.45, 2.75) is 261 Å². The van der Waals surface area contributed by atoms with Crippen LogP contribution in [0.2, 0.25) is 0 Å². The summed E-state index contributed by atoms with van der Waals surface area (Å²) >= 11 is 0. The monoisotopic (exact) mass is 1220 g/mol. The lowest BCUT2D eigenvalue weighted by Gasteiger charge is -2.72. The van der Waals surface area contributed by atoms with Crippen molar-refractivity contribution < 1.29 is 128 Å². The molecule has 13 N–H and O–H groups in total. The van der Waals surface area contributed by atoms with E-state index in [2.05, 4.69) is 40.7 Å². The Bertz CT molecular complexity index is 2480. The Morgan fingerprint density at radius 3 is 1.89 bits per heavy atom. The van der Waals surface area contributed by atoms with Crippen LogP contribution in [0.3, 0.4) is 0 Å². The van der Waals surface area contributed by atoms with Crippen LogP contribution in [0.15, 0.2) is 11.6 Å². The third-order valence-corrected chi connectivity index (χ3v) is 22.6. The van der Waals surface area contributed by atoms with Gasteiger partial charge in [0.1, 0.15) is 79.9 Å². The standard InChI is InChI=1S/C59H92O26/c1-25-44-41(71)43(73)48(78-25)82-45-36(66)29(63)22-77-50(45)85-52(74)59-15-13-53(2,3)17-27(59)26-9-10-33-55(5)18-28(62)47(56(6,24-61)32(55)11-12-58(33,8)57(26,7)14-16-59)84-51-46(40(70)37(67)30(21-60)79-51)83-49-42(72)39(69)38(68)31(80-49)23-76-34(64)19-54(4,75)20-35(65)81-44/h9,25,27-33,36-51,60-63,66-73,75H,10-24H2,1-8H3/t25?,27?,28-,29?,30?,31?,32?,33?,36?,37?,38?,39?,40?,41?,42?,43?,44?,45?,46?,47-,48?,49?,50?,51?,54?,55-,56-,57+,58+,59-/m0/s1. The number of ether oxygens (including phenoxy) is 10. The van der Waals surface area contributed by atoms with E-state index in [1.54, 1.807) is 0 Å². The van der Waals surface area contributed by atoms with E-state index in [0.29, 0.717) is 51.4 Å². The van der Waals surface area contributed by atoms with Gasteiger partial charge in [0.15, 0.2) is 31.1 Å². The Kier molecular flexibility index (Phi) is 18.1.